The van der Waals surface area contributed by atoms with E-state index in [2.05, 4.69) is 16.9 Å². The second kappa shape index (κ2) is 2.19. The summed E-state index contributed by atoms with van der Waals surface area (Å²) < 4.78 is 0. The van der Waals surface area contributed by atoms with Crippen molar-refractivity contribution in [2.75, 3.05) is 0 Å². The van der Waals surface area contributed by atoms with Crippen molar-refractivity contribution in [2.24, 2.45) is 5.92 Å². The standard InChI is InChI=1S/C8H10N2O/c1-5-4-6(5)8-9-3-2-7(11)10-8/h2-3,5-6H,4H2,1H3,(H,9,10,11). The van der Waals surface area contributed by atoms with Gasteiger partial charge in [-0.2, -0.15) is 0 Å². The predicted molar refractivity (Wildman–Crippen MR) is 41.4 cm³/mol. The Morgan fingerprint density at radius 1 is 1.73 bits per heavy atom. The van der Waals surface area contributed by atoms with E-state index in [1.807, 2.05) is 0 Å². The second-order valence-corrected chi connectivity index (χ2v) is 3.14. The average Bonchev–Trinajstić information content (AvgIpc) is 2.67. The van der Waals surface area contributed by atoms with Gasteiger partial charge in [-0.05, 0) is 12.3 Å². The summed E-state index contributed by atoms with van der Waals surface area (Å²) in [4.78, 5) is 17.7. The molecule has 1 aliphatic rings. The lowest BCUT2D eigenvalue weighted by molar-refractivity contribution is 0.833. The maximum atomic E-state index is 10.8. The monoisotopic (exact) mass is 150 g/mol. The maximum Gasteiger partial charge on any atom is 0.250 e. The highest BCUT2D eigenvalue weighted by molar-refractivity contribution is 5.08. The molecule has 0 saturated heterocycles. The molecule has 11 heavy (non-hydrogen) atoms. The van der Waals surface area contributed by atoms with E-state index in [0.717, 1.165) is 12.2 Å². The van der Waals surface area contributed by atoms with Crippen molar-refractivity contribution >= 4 is 0 Å². The van der Waals surface area contributed by atoms with Crippen LogP contribution < -0.4 is 5.56 Å². The topological polar surface area (TPSA) is 45.8 Å². The Morgan fingerprint density at radius 3 is 3.00 bits per heavy atom. The minimum absolute atomic E-state index is 0.0471. The highest BCUT2D eigenvalue weighted by atomic mass is 16.1. The van der Waals surface area contributed by atoms with E-state index in [1.54, 1.807) is 6.20 Å². The molecule has 2 rings (SSSR count). The highest BCUT2D eigenvalue weighted by Crippen LogP contribution is 2.44. The minimum Gasteiger partial charge on any atom is -0.310 e. The zero-order chi connectivity index (χ0) is 7.84. The number of rotatable bonds is 1. The van der Waals surface area contributed by atoms with Gasteiger partial charge in [-0.1, -0.05) is 6.92 Å². The molecule has 0 aromatic carbocycles. The first kappa shape index (κ1) is 6.58. The molecule has 0 bridgehead atoms. The molecule has 1 aromatic rings. The molecule has 0 amide bonds. The van der Waals surface area contributed by atoms with E-state index in [1.165, 1.54) is 6.07 Å². The zero-order valence-corrected chi connectivity index (χ0v) is 6.37. The largest absolute Gasteiger partial charge is 0.310 e. The summed E-state index contributed by atoms with van der Waals surface area (Å²) in [6, 6.07) is 1.44. The van der Waals surface area contributed by atoms with Crippen molar-refractivity contribution in [3.63, 3.8) is 0 Å². The van der Waals surface area contributed by atoms with Crippen LogP contribution in [0.3, 0.4) is 0 Å². The van der Waals surface area contributed by atoms with Gasteiger partial charge in [0.2, 0.25) is 0 Å². The van der Waals surface area contributed by atoms with Gasteiger partial charge < -0.3 is 4.98 Å². The van der Waals surface area contributed by atoms with E-state index >= 15 is 0 Å². The molecule has 0 radical (unpaired) electrons. The van der Waals surface area contributed by atoms with Crippen LogP contribution in [0.25, 0.3) is 0 Å². The van der Waals surface area contributed by atoms with Crippen LogP contribution in [0.4, 0.5) is 0 Å². The van der Waals surface area contributed by atoms with Crippen LogP contribution in [0, 0.1) is 5.92 Å². The van der Waals surface area contributed by atoms with Crippen LogP contribution in [-0.2, 0) is 0 Å². The van der Waals surface area contributed by atoms with E-state index in [-0.39, 0.29) is 5.56 Å². The van der Waals surface area contributed by atoms with E-state index in [4.69, 9.17) is 0 Å². The summed E-state index contributed by atoms with van der Waals surface area (Å²) in [6.07, 6.45) is 2.73. The van der Waals surface area contributed by atoms with Gasteiger partial charge in [0, 0.05) is 18.2 Å². The summed E-state index contributed by atoms with van der Waals surface area (Å²) in [7, 11) is 0. The molecular weight excluding hydrogens is 140 g/mol. The molecule has 1 aromatic heterocycles. The molecule has 1 saturated carbocycles. The molecule has 2 unspecified atom stereocenters. The average molecular weight is 150 g/mol. The number of H-pyrrole nitrogens is 1. The molecule has 1 aliphatic carbocycles. The van der Waals surface area contributed by atoms with Crippen molar-refractivity contribution in [3.05, 3.63) is 28.4 Å². The van der Waals surface area contributed by atoms with Crippen LogP contribution in [0.15, 0.2) is 17.1 Å². The molecule has 3 nitrogen and oxygen atoms in total. The van der Waals surface area contributed by atoms with Crippen LogP contribution in [0.5, 0.6) is 0 Å². The summed E-state index contributed by atoms with van der Waals surface area (Å²) in [5.41, 5.74) is -0.0471. The Balaban J connectivity index is 2.32. The van der Waals surface area contributed by atoms with Crippen molar-refractivity contribution < 1.29 is 0 Å². The van der Waals surface area contributed by atoms with Gasteiger partial charge in [0.1, 0.15) is 5.82 Å². The van der Waals surface area contributed by atoms with E-state index < -0.39 is 0 Å². The lowest BCUT2D eigenvalue weighted by atomic mass is 10.3. The molecule has 1 N–H and O–H groups in total. The lowest BCUT2D eigenvalue weighted by Gasteiger charge is -1.93. The van der Waals surface area contributed by atoms with Gasteiger partial charge in [-0.15, -0.1) is 0 Å². The second-order valence-electron chi connectivity index (χ2n) is 3.14. The van der Waals surface area contributed by atoms with Crippen LogP contribution in [-0.4, -0.2) is 9.97 Å². The van der Waals surface area contributed by atoms with Crippen LogP contribution in [0.2, 0.25) is 0 Å². The predicted octanol–water partition coefficient (Wildman–Crippen LogP) is 0.893. The first-order chi connectivity index (χ1) is 5.27. The third kappa shape index (κ3) is 1.18. The lowest BCUT2D eigenvalue weighted by Crippen LogP contribution is -2.07. The third-order valence-corrected chi connectivity index (χ3v) is 2.15. The molecule has 0 aliphatic heterocycles. The summed E-state index contributed by atoms with van der Waals surface area (Å²) in [5, 5.41) is 0. The number of hydrogen-bond acceptors (Lipinski definition) is 2. The molecule has 3 heteroatoms. The van der Waals surface area contributed by atoms with Crippen molar-refractivity contribution in [1.82, 2.24) is 9.97 Å². The van der Waals surface area contributed by atoms with Crippen LogP contribution >= 0.6 is 0 Å². The van der Waals surface area contributed by atoms with Crippen molar-refractivity contribution in [2.45, 2.75) is 19.3 Å². The van der Waals surface area contributed by atoms with E-state index in [9.17, 15) is 4.79 Å². The zero-order valence-electron chi connectivity index (χ0n) is 6.37. The summed E-state index contributed by atoms with van der Waals surface area (Å²) in [5.74, 6) is 2.05. The molecule has 58 valence electrons. The van der Waals surface area contributed by atoms with E-state index in [0.29, 0.717) is 11.8 Å². The Kier molecular flexibility index (Phi) is 1.31. The Bertz CT molecular complexity index is 318. The minimum atomic E-state index is -0.0471. The molecule has 0 spiro atoms. The fourth-order valence-corrected chi connectivity index (χ4v) is 1.28. The molecule has 1 heterocycles. The fourth-order valence-electron chi connectivity index (χ4n) is 1.28. The number of aromatic nitrogens is 2. The van der Waals surface area contributed by atoms with Gasteiger partial charge in [0.25, 0.3) is 5.56 Å². The fraction of sp³-hybridized carbons (Fsp3) is 0.500. The number of nitrogens with zero attached hydrogens (tertiary/aromatic N) is 1. The summed E-state index contributed by atoms with van der Waals surface area (Å²) in [6.45, 7) is 2.16. The SMILES string of the molecule is CC1CC1c1nccc(=O)[nH]1. The van der Waals surface area contributed by atoms with Gasteiger partial charge in [0.15, 0.2) is 0 Å². The van der Waals surface area contributed by atoms with Gasteiger partial charge in [0.05, 0.1) is 0 Å². The Labute approximate surface area is 64.5 Å². The van der Waals surface area contributed by atoms with Gasteiger partial charge in [-0.25, -0.2) is 4.98 Å². The smallest absolute Gasteiger partial charge is 0.250 e. The van der Waals surface area contributed by atoms with Gasteiger partial charge >= 0.3 is 0 Å². The van der Waals surface area contributed by atoms with Crippen molar-refractivity contribution in [3.8, 4) is 0 Å². The number of nitrogens with one attached hydrogen (secondary N) is 1. The Hall–Kier alpha value is -1.12. The van der Waals surface area contributed by atoms with Gasteiger partial charge in [-0.3, -0.25) is 4.79 Å². The quantitative estimate of drug-likeness (QED) is 0.646. The maximum absolute atomic E-state index is 10.8. The summed E-state index contributed by atoms with van der Waals surface area (Å²) >= 11 is 0. The van der Waals surface area contributed by atoms with Crippen LogP contribution in [0.1, 0.15) is 25.1 Å². The normalized spacial score (nSPS) is 28.5. The first-order valence-electron chi connectivity index (χ1n) is 3.82. The molecule has 1 fully saturated rings. The Morgan fingerprint density at radius 2 is 2.45 bits per heavy atom. The number of hydrogen-bond donors (Lipinski definition) is 1. The molecular formula is C8H10N2O. The molecule has 2 atom stereocenters. The van der Waals surface area contributed by atoms with Crippen molar-refractivity contribution in [1.29, 1.82) is 0 Å². The number of aromatic amines is 1. The highest BCUT2D eigenvalue weighted by Gasteiger charge is 2.35. The first-order valence-corrected chi connectivity index (χ1v) is 3.82. The third-order valence-electron chi connectivity index (χ3n) is 2.15.